The van der Waals surface area contributed by atoms with Crippen molar-refractivity contribution in [2.75, 3.05) is 18.8 Å². The first-order valence-electron chi connectivity index (χ1n) is 8.12. The number of hydrogen-bond acceptors (Lipinski definition) is 2. The van der Waals surface area contributed by atoms with Gasteiger partial charge in [0.2, 0.25) is 5.91 Å². The second kappa shape index (κ2) is 8.19. The average molecular weight is 382 g/mol. The second-order valence-corrected chi connectivity index (χ2v) is 7.68. The summed E-state index contributed by atoms with van der Waals surface area (Å²) in [6, 6.07) is 10.8. The maximum atomic E-state index is 14.0. The van der Waals surface area contributed by atoms with E-state index in [-0.39, 0.29) is 17.6 Å². The Balaban J connectivity index is 1.66. The van der Waals surface area contributed by atoms with Gasteiger partial charge in [-0.1, -0.05) is 29.8 Å². The maximum Gasteiger partial charge on any atom is 0.227 e. The number of carbonyl (C=O) groups is 1. The van der Waals surface area contributed by atoms with Crippen LogP contribution in [0.4, 0.5) is 8.78 Å². The lowest BCUT2D eigenvalue weighted by atomic mass is 10.1. The summed E-state index contributed by atoms with van der Waals surface area (Å²) in [4.78, 5) is 14.3. The van der Waals surface area contributed by atoms with E-state index in [1.54, 1.807) is 22.7 Å². The zero-order chi connectivity index (χ0) is 17.8. The zero-order valence-electron chi connectivity index (χ0n) is 13.6. The van der Waals surface area contributed by atoms with Crippen LogP contribution in [-0.4, -0.2) is 29.6 Å². The number of rotatable bonds is 3. The highest BCUT2D eigenvalue weighted by atomic mass is 35.5. The number of thioether (sulfide) groups is 1. The Morgan fingerprint density at radius 2 is 2.00 bits per heavy atom. The molecule has 0 bridgehead atoms. The van der Waals surface area contributed by atoms with E-state index >= 15 is 0 Å². The molecule has 1 amide bonds. The van der Waals surface area contributed by atoms with Crippen molar-refractivity contribution in [2.45, 2.75) is 18.1 Å². The van der Waals surface area contributed by atoms with Gasteiger partial charge < -0.3 is 4.90 Å². The Kier molecular flexibility index (Phi) is 5.97. The molecule has 0 saturated carbocycles. The van der Waals surface area contributed by atoms with Crippen molar-refractivity contribution in [1.29, 1.82) is 0 Å². The summed E-state index contributed by atoms with van der Waals surface area (Å²) in [5.41, 5.74) is 1.18. The number of amides is 1. The van der Waals surface area contributed by atoms with Gasteiger partial charge in [-0.3, -0.25) is 4.79 Å². The van der Waals surface area contributed by atoms with Gasteiger partial charge >= 0.3 is 0 Å². The van der Waals surface area contributed by atoms with Crippen LogP contribution in [0.1, 0.15) is 22.8 Å². The first kappa shape index (κ1) is 18.2. The third kappa shape index (κ3) is 4.53. The first-order valence-corrected chi connectivity index (χ1v) is 9.55. The average Bonchev–Trinajstić information content (AvgIpc) is 2.85. The highest BCUT2D eigenvalue weighted by molar-refractivity contribution is 7.99. The Labute approximate surface area is 155 Å². The van der Waals surface area contributed by atoms with Crippen molar-refractivity contribution in [1.82, 2.24) is 4.90 Å². The molecule has 0 radical (unpaired) electrons. The number of hydrogen-bond donors (Lipinski definition) is 0. The van der Waals surface area contributed by atoms with Crippen molar-refractivity contribution in [3.05, 3.63) is 70.2 Å². The fraction of sp³-hybridized carbons (Fsp3) is 0.316. The first-order chi connectivity index (χ1) is 12.0. The largest absolute Gasteiger partial charge is 0.342 e. The normalized spacial score (nSPS) is 18.0. The quantitative estimate of drug-likeness (QED) is 0.756. The monoisotopic (exact) mass is 381 g/mol. The summed E-state index contributed by atoms with van der Waals surface area (Å²) in [7, 11) is 0. The van der Waals surface area contributed by atoms with Crippen molar-refractivity contribution in [3.8, 4) is 0 Å². The van der Waals surface area contributed by atoms with Gasteiger partial charge in [-0.15, -0.1) is 0 Å². The van der Waals surface area contributed by atoms with Crippen molar-refractivity contribution in [2.24, 2.45) is 0 Å². The number of nitrogens with zero attached hydrogens (tertiary/aromatic N) is 1. The molecular formula is C19H18ClF2NOS. The molecule has 1 atom stereocenters. The van der Waals surface area contributed by atoms with E-state index in [0.29, 0.717) is 35.8 Å². The summed E-state index contributed by atoms with van der Waals surface area (Å²) in [6.07, 6.45) is 0.850. The van der Waals surface area contributed by atoms with Crippen LogP contribution in [0.3, 0.4) is 0 Å². The van der Waals surface area contributed by atoms with Crippen LogP contribution in [0.2, 0.25) is 5.02 Å². The molecule has 1 unspecified atom stereocenters. The van der Waals surface area contributed by atoms with Gasteiger partial charge in [-0.05, 0) is 36.2 Å². The fourth-order valence-electron chi connectivity index (χ4n) is 2.95. The summed E-state index contributed by atoms with van der Waals surface area (Å²) >= 11 is 7.69. The van der Waals surface area contributed by atoms with E-state index in [4.69, 9.17) is 11.6 Å². The molecular weight excluding hydrogens is 364 g/mol. The summed E-state index contributed by atoms with van der Waals surface area (Å²) in [6.45, 7) is 1.12. The molecule has 1 saturated heterocycles. The van der Waals surface area contributed by atoms with E-state index < -0.39 is 11.6 Å². The maximum absolute atomic E-state index is 14.0. The molecule has 0 spiro atoms. The molecule has 3 rings (SSSR count). The summed E-state index contributed by atoms with van der Waals surface area (Å²) in [5, 5.41) is 0.438. The third-order valence-electron chi connectivity index (χ3n) is 4.30. The minimum atomic E-state index is -0.437. The van der Waals surface area contributed by atoms with Crippen LogP contribution in [-0.2, 0) is 11.2 Å². The van der Waals surface area contributed by atoms with Crippen LogP contribution in [0.5, 0.6) is 0 Å². The predicted octanol–water partition coefficient (Wildman–Crippen LogP) is 4.87. The molecule has 1 aliphatic rings. The van der Waals surface area contributed by atoms with E-state index in [1.807, 2.05) is 18.2 Å². The summed E-state index contributed by atoms with van der Waals surface area (Å²) < 4.78 is 27.4. The molecule has 0 aromatic heterocycles. The third-order valence-corrected chi connectivity index (χ3v) is 5.98. The van der Waals surface area contributed by atoms with Crippen LogP contribution >= 0.6 is 23.4 Å². The van der Waals surface area contributed by atoms with Gasteiger partial charge in [-0.2, -0.15) is 11.8 Å². The van der Waals surface area contributed by atoms with Gasteiger partial charge in [0.15, 0.2) is 0 Å². The molecule has 132 valence electrons. The second-order valence-electron chi connectivity index (χ2n) is 5.96. The lowest BCUT2D eigenvalue weighted by Crippen LogP contribution is -2.34. The molecule has 2 aromatic carbocycles. The lowest BCUT2D eigenvalue weighted by molar-refractivity contribution is -0.130. The standard InChI is InChI=1S/C19H18ClF2NOS/c20-16-4-2-1-3-13(16)11-19(24)23-8-7-18(25-10-9-23)15-12-14(21)5-6-17(15)22/h1-6,12,18H,7-11H2. The van der Waals surface area contributed by atoms with E-state index in [1.165, 1.54) is 6.07 Å². The number of benzene rings is 2. The molecule has 2 nitrogen and oxygen atoms in total. The fourth-order valence-corrected chi connectivity index (χ4v) is 4.39. The van der Waals surface area contributed by atoms with Gasteiger partial charge in [-0.25, -0.2) is 8.78 Å². The molecule has 25 heavy (non-hydrogen) atoms. The van der Waals surface area contributed by atoms with Gasteiger partial charge in [0.1, 0.15) is 11.6 Å². The predicted molar refractivity (Wildman–Crippen MR) is 97.9 cm³/mol. The lowest BCUT2D eigenvalue weighted by Gasteiger charge is -2.21. The Hall–Kier alpha value is -1.59. The van der Waals surface area contributed by atoms with Crippen LogP contribution < -0.4 is 0 Å². The highest BCUT2D eigenvalue weighted by Crippen LogP contribution is 2.36. The Morgan fingerprint density at radius 3 is 2.80 bits per heavy atom. The number of carbonyl (C=O) groups excluding carboxylic acids is 1. The smallest absolute Gasteiger partial charge is 0.227 e. The van der Waals surface area contributed by atoms with Gasteiger partial charge in [0.05, 0.1) is 6.42 Å². The van der Waals surface area contributed by atoms with Crippen molar-refractivity contribution >= 4 is 29.3 Å². The molecule has 1 fully saturated rings. The molecule has 2 aromatic rings. The summed E-state index contributed by atoms with van der Waals surface area (Å²) in [5.74, 6) is -0.133. The van der Waals surface area contributed by atoms with Gasteiger partial charge in [0, 0.05) is 34.7 Å². The molecule has 1 aliphatic heterocycles. The zero-order valence-corrected chi connectivity index (χ0v) is 15.1. The van der Waals surface area contributed by atoms with Crippen LogP contribution in [0, 0.1) is 11.6 Å². The molecule has 0 aliphatic carbocycles. The topological polar surface area (TPSA) is 20.3 Å². The van der Waals surface area contributed by atoms with Crippen molar-refractivity contribution in [3.63, 3.8) is 0 Å². The molecule has 1 heterocycles. The van der Waals surface area contributed by atoms with Gasteiger partial charge in [0.25, 0.3) is 0 Å². The van der Waals surface area contributed by atoms with Crippen molar-refractivity contribution < 1.29 is 13.6 Å². The minimum absolute atomic E-state index is 0.00839. The number of halogens is 3. The molecule has 6 heteroatoms. The van der Waals surface area contributed by atoms with E-state index in [9.17, 15) is 13.6 Å². The van der Waals surface area contributed by atoms with E-state index in [0.717, 1.165) is 17.7 Å². The highest BCUT2D eigenvalue weighted by Gasteiger charge is 2.24. The minimum Gasteiger partial charge on any atom is -0.342 e. The Morgan fingerprint density at radius 1 is 1.20 bits per heavy atom. The Bertz CT molecular complexity index is 771. The molecule has 0 N–H and O–H groups in total. The van der Waals surface area contributed by atoms with E-state index in [2.05, 4.69) is 0 Å². The van der Waals surface area contributed by atoms with Crippen LogP contribution in [0.15, 0.2) is 42.5 Å². The SMILES string of the molecule is O=C(Cc1ccccc1Cl)N1CCSC(c2cc(F)ccc2F)CC1. The van der Waals surface area contributed by atoms with Crippen LogP contribution in [0.25, 0.3) is 0 Å².